The molecule has 2 fully saturated rings. The molecule has 4 rings (SSSR count). The van der Waals surface area contributed by atoms with E-state index >= 15 is 0 Å². The van der Waals surface area contributed by atoms with Gasteiger partial charge in [0.15, 0.2) is 11.5 Å². The highest BCUT2D eigenvalue weighted by molar-refractivity contribution is 6.24. The van der Waals surface area contributed by atoms with Crippen molar-refractivity contribution >= 4 is 23.5 Å². The number of aromatic hydroxyl groups is 1. The number of carboxylic acids is 1. The third-order valence-electron chi connectivity index (χ3n) is 6.68. The maximum absolute atomic E-state index is 13.7. The predicted molar refractivity (Wildman–Crippen MR) is 123 cm³/mol. The number of carboxylic acid groups (broad SMARTS) is 1. The molecule has 34 heavy (non-hydrogen) atoms. The Morgan fingerprint density at radius 3 is 2.32 bits per heavy atom. The van der Waals surface area contributed by atoms with Gasteiger partial charge in [-0.25, -0.2) is 4.90 Å². The number of ether oxygens (including phenoxy) is 2. The summed E-state index contributed by atoms with van der Waals surface area (Å²) in [5.41, 5.74) is -1.05. The molecule has 4 unspecified atom stereocenters. The first-order valence-electron chi connectivity index (χ1n) is 11.0. The molecule has 3 N–H and O–H groups in total. The zero-order valence-electron chi connectivity index (χ0n) is 19.4. The van der Waals surface area contributed by atoms with Crippen LogP contribution in [0.5, 0.6) is 17.2 Å². The number of hydrogen-bond donors (Lipinski definition) is 3. The van der Waals surface area contributed by atoms with Gasteiger partial charge in [-0.2, -0.15) is 0 Å². The molecule has 180 valence electrons. The first-order valence-corrected chi connectivity index (χ1v) is 11.0. The van der Waals surface area contributed by atoms with Crippen molar-refractivity contribution in [3.8, 4) is 17.2 Å². The lowest BCUT2D eigenvalue weighted by atomic mass is 9.75. The number of anilines is 1. The van der Waals surface area contributed by atoms with Crippen LogP contribution in [-0.4, -0.2) is 47.8 Å². The number of nitrogens with zero attached hydrogens (tertiary/aromatic N) is 1. The molecular formula is C25H28N2O7. The minimum absolute atomic E-state index is 0.0835. The maximum Gasteiger partial charge on any atom is 0.324 e. The quantitative estimate of drug-likeness (QED) is 0.530. The highest BCUT2D eigenvalue weighted by atomic mass is 16.5. The standard InChI is InChI=1S/C25H28N2O7/c1-13(2)12-25(24(31)32)19-18(20(26-25)16-6-5-7-17(34-4)21(16)28)22(29)27(23(19)30)14-8-10-15(33-3)11-9-14/h5-11,13,18-20,26,28H,12H2,1-4H3,(H,31,32). The van der Waals surface area contributed by atoms with E-state index in [2.05, 4.69) is 5.32 Å². The monoisotopic (exact) mass is 468 g/mol. The van der Waals surface area contributed by atoms with Crippen LogP contribution < -0.4 is 19.7 Å². The van der Waals surface area contributed by atoms with E-state index in [4.69, 9.17) is 9.47 Å². The average molecular weight is 469 g/mol. The fourth-order valence-electron chi connectivity index (χ4n) is 5.33. The van der Waals surface area contributed by atoms with Crippen molar-refractivity contribution in [3.63, 3.8) is 0 Å². The number of carbonyl (C=O) groups excluding carboxylic acids is 2. The van der Waals surface area contributed by atoms with Gasteiger partial charge in [-0.1, -0.05) is 26.0 Å². The molecule has 2 aliphatic heterocycles. The summed E-state index contributed by atoms with van der Waals surface area (Å²) in [4.78, 5) is 41.2. The summed E-state index contributed by atoms with van der Waals surface area (Å²) in [5, 5.41) is 24.3. The van der Waals surface area contributed by atoms with Crippen LogP contribution in [0.4, 0.5) is 5.69 Å². The summed E-state index contributed by atoms with van der Waals surface area (Å²) in [6.07, 6.45) is 0.125. The number of phenolic OH excluding ortho intramolecular Hbond substituents is 1. The number of fused-ring (bicyclic) bond motifs is 1. The number of amides is 2. The fourth-order valence-corrected chi connectivity index (χ4v) is 5.33. The molecule has 0 aliphatic carbocycles. The number of phenols is 1. The van der Waals surface area contributed by atoms with Gasteiger partial charge >= 0.3 is 5.97 Å². The minimum atomic E-state index is -1.69. The van der Waals surface area contributed by atoms with Gasteiger partial charge in [-0.05, 0) is 42.7 Å². The number of aliphatic carboxylic acids is 1. The first-order chi connectivity index (χ1) is 16.2. The second-order valence-electron chi connectivity index (χ2n) is 9.11. The Kier molecular flexibility index (Phi) is 5.99. The van der Waals surface area contributed by atoms with Gasteiger partial charge in [0, 0.05) is 11.6 Å². The number of benzene rings is 2. The topological polar surface area (TPSA) is 125 Å². The number of carbonyl (C=O) groups is 3. The summed E-state index contributed by atoms with van der Waals surface area (Å²) < 4.78 is 10.4. The Labute approximate surface area is 197 Å². The van der Waals surface area contributed by atoms with E-state index in [1.54, 1.807) is 42.5 Å². The minimum Gasteiger partial charge on any atom is -0.504 e. The van der Waals surface area contributed by atoms with Crippen molar-refractivity contribution < 1.29 is 34.1 Å². The van der Waals surface area contributed by atoms with E-state index in [1.807, 2.05) is 13.8 Å². The third kappa shape index (κ3) is 3.47. The molecule has 0 bridgehead atoms. The van der Waals surface area contributed by atoms with Gasteiger partial charge in [0.2, 0.25) is 11.8 Å². The second-order valence-corrected chi connectivity index (χ2v) is 9.11. The highest BCUT2D eigenvalue weighted by Crippen LogP contribution is 2.53. The molecule has 2 amide bonds. The summed E-state index contributed by atoms with van der Waals surface area (Å²) in [6.45, 7) is 3.72. The molecule has 9 nitrogen and oxygen atoms in total. The summed E-state index contributed by atoms with van der Waals surface area (Å²) in [6, 6.07) is 10.4. The number of hydrogen-bond acceptors (Lipinski definition) is 7. The van der Waals surface area contributed by atoms with Gasteiger partial charge in [0.05, 0.1) is 31.7 Å². The van der Waals surface area contributed by atoms with Crippen LogP contribution >= 0.6 is 0 Å². The lowest BCUT2D eigenvalue weighted by molar-refractivity contribution is -0.149. The van der Waals surface area contributed by atoms with Crippen molar-refractivity contribution in [2.45, 2.75) is 31.8 Å². The fraction of sp³-hybridized carbons (Fsp3) is 0.400. The molecule has 2 aromatic carbocycles. The van der Waals surface area contributed by atoms with Crippen molar-refractivity contribution in [3.05, 3.63) is 48.0 Å². The third-order valence-corrected chi connectivity index (χ3v) is 6.68. The number of rotatable bonds is 7. The van der Waals surface area contributed by atoms with Crippen molar-refractivity contribution in [2.24, 2.45) is 17.8 Å². The Morgan fingerprint density at radius 2 is 1.76 bits per heavy atom. The van der Waals surface area contributed by atoms with Gasteiger partial charge in [0.25, 0.3) is 0 Å². The Balaban J connectivity index is 1.88. The molecule has 9 heteroatoms. The molecule has 2 saturated heterocycles. The zero-order valence-corrected chi connectivity index (χ0v) is 19.4. The molecule has 4 atom stereocenters. The van der Waals surface area contributed by atoms with Gasteiger partial charge in [0.1, 0.15) is 11.3 Å². The summed E-state index contributed by atoms with van der Waals surface area (Å²) in [5.74, 6) is -4.03. The number of methoxy groups -OCH3 is 2. The van der Waals surface area contributed by atoms with Crippen molar-refractivity contribution in [1.82, 2.24) is 5.32 Å². The summed E-state index contributed by atoms with van der Waals surface area (Å²) in [7, 11) is 2.91. The van der Waals surface area contributed by atoms with Crippen LogP contribution in [-0.2, 0) is 14.4 Å². The van der Waals surface area contributed by atoms with Gasteiger partial charge in [-0.3, -0.25) is 19.7 Å². The zero-order chi connectivity index (χ0) is 24.8. The van der Waals surface area contributed by atoms with Crippen LogP contribution in [0, 0.1) is 17.8 Å². The molecule has 2 aliphatic rings. The highest BCUT2D eigenvalue weighted by Gasteiger charge is 2.69. The Bertz CT molecular complexity index is 1130. The smallest absolute Gasteiger partial charge is 0.324 e. The van der Waals surface area contributed by atoms with Crippen LogP contribution in [0.1, 0.15) is 31.9 Å². The van der Waals surface area contributed by atoms with Crippen LogP contribution in [0.25, 0.3) is 0 Å². The van der Waals surface area contributed by atoms with E-state index in [1.165, 1.54) is 14.2 Å². The Hall–Kier alpha value is -3.59. The van der Waals surface area contributed by atoms with Gasteiger partial charge in [-0.15, -0.1) is 0 Å². The Morgan fingerprint density at radius 1 is 1.09 bits per heavy atom. The molecule has 2 heterocycles. The van der Waals surface area contributed by atoms with Gasteiger partial charge < -0.3 is 19.7 Å². The van der Waals surface area contributed by atoms with E-state index in [-0.39, 0.29) is 23.8 Å². The molecule has 0 spiro atoms. The lowest BCUT2D eigenvalue weighted by Gasteiger charge is -2.32. The van der Waals surface area contributed by atoms with E-state index < -0.39 is 41.2 Å². The van der Waals surface area contributed by atoms with Crippen molar-refractivity contribution in [1.29, 1.82) is 0 Å². The van der Waals surface area contributed by atoms with E-state index in [0.29, 0.717) is 17.0 Å². The molecule has 0 radical (unpaired) electrons. The molecule has 0 saturated carbocycles. The average Bonchev–Trinajstić information content (AvgIpc) is 3.28. The number of para-hydroxylation sites is 1. The van der Waals surface area contributed by atoms with Crippen LogP contribution in [0.2, 0.25) is 0 Å². The molecule has 0 aromatic heterocycles. The normalized spacial score (nSPS) is 26.1. The largest absolute Gasteiger partial charge is 0.504 e. The van der Waals surface area contributed by atoms with Crippen LogP contribution in [0.15, 0.2) is 42.5 Å². The number of imide groups is 1. The van der Waals surface area contributed by atoms with Crippen molar-refractivity contribution in [2.75, 3.05) is 19.1 Å². The molecule has 2 aromatic rings. The SMILES string of the molecule is COc1ccc(N2C(=O)C3C(c4cccc(OC)c4O)NC(CC(C)C)(C(=O)O)C3C2=O)cc1. The lowest BCUT2D eigenvalue weighted by Crippen LogP contribution is -2.56. The van der Waals surface area contributed by atoms with Crippen LogP contribution in [0.3, 0.4) is 0 Å². The maximum atomic E-state index is 13.7. The predicted octanol–water partition coefficient (Wildman–Crippen LogP) is 2.73. The first kappa shape index (κ1) is 23.6. The number of nitrogens with one attached hydrogen (secondary N) is 1. The van der Waals surface area contributed by atoms with E-state index in [0.717, 1.165) is 4.90 Å². The van der Waals surface area contributed by atoms with E-state index in [9.17, 15) is 24.6 Å². The summed E-state index contributed by atoms with van der Waals surface area (Å²) >= 11 is 0. The molecular weight excluding hydrogens is 440 g/mol. The second kappa shape index (κ2) is 8.64.